The van der Waals surface area contributed by atoms with E-state index in [1.54, 1.807) is 19.3 Å². The number of para-hydroxylation sites is 1. The molecule has 0 aliphatic heterocycles. The van der Waals surface area contributed by atoms with Gasteiger partial charge in [-0.15, -0.1) is 11.3 Å². The van der Waals surface area contributed by atoms with Gasteiger partial charge >= 0.3 is 5.97 Å². The Hall–Kier alpha value is -3.12. The molecular weight excluding hydrogens is 362 g/mol. The van der Waals surface area contributed by atoms with Crippen molar-refractivity contribution in [2.45, 2.75) is 6.42 Å². The monoisotopic (exact) mass is 381 g/mol. The molecule has 27 heavy (non-hydrogen) atoms. The number of hydrogen-bond donors (Lipinski definition) is 1. The Kier molecular flexibility index (Phi) is 5.88. The molecule has 0 amide bonds. The molecule has 0 saturated heterocycles. The van der Waals surface area contributed by atoms with Gasteiger partial charge in [0.25, 0.3) is 0 Å². The fourth-order valence-corrected chi connectivity index (χ4v) is 3.58. The Balaban J connectivity index is 2.00. The molecule has 1 N–H and O–H groups in total. The minimum Gasteiger partial charge on any atom is -0.493 e. The maximum Gasteiger partial charge on any atom is 0.307 e. The Bertz CT molecular complexity index is 973. The van der Waals surface area contributed by atoms with Crippen LogP contribution in [0.5, 0.6) is 11.5 Å². The molecule has 3 aromatic rings. The van der Waals surface area contributed by atoms with Crippen LogP contribution < -0.4 is 9.47 Å². The molecule has 5 nitrogen and oxygen atoms in total. The highest BCUT2D eigenvalue weighted by Crippen LogP contribution is 2.33. The quantitative estimate of drug-likeness (QED) is 0.563. The van der Waals surface area contributed by atoms with Gasteiger partial charge in [0.05, 0.1) is 23.7 Å². The van der Waals surface area contributed by atoms with Gasteiger partial charge in [-0.05, 0) is 41.5 Å². The summed E-state index contributed by atoms with van der Waals surface area (Å²) in [6.07, 6.45) is 3.37. The topological polar surface area (TPSA) is 68.7 Å². The SMILES string of the molecule is C=CCOc1ccc(C=C(CC(=O)O)c2nc3ccccc3s2)cc1OC. The molecule has 138 valence electrons. The summed E-state index contributed by atoms with van der Waals surface area (Å²) in [5, 5.41) is 10.0. The van der Waals surface area contributed by atoms with Crippen LogP contribution in [0.3, 0.4) is 0 Å². The first kappa shape index (κ1) is 18.7. The summed E-state index contributed by atoms with van der Waals surface area (Å²) in [6, 6.07) is 13.2. The molecule has 0 saturated carbocycles. The number of nitrogens with zero attached hydrogens (tertiary/aromatic N) is 1. The molecule has 0 radical (unpaired) electrons. The number of carboxylic acids is 1. The predicted molar refractivity (Wildman–Crippen MR) is 108 cm³/mol. The van der Waals surface area contributed by atoms with Gasteiger partial charge in [-0.2, -0.15) is 0 Å². The lowest BCUT2D eigenvalue weighted by Crippen LogP contribution is -1.98. The van der Waals surface area contributed by atoms with Crippen molar-refractivity contribution < 1.29 is 19.4 Å². The molecule has 0 fully saturated rings. The lowest BCUT2D eigenvalue weighted by atomic mass is 10.1. The lowest BCUT2D eigenvalue weighted by molar-refractivity contribution is -0.135. The summed E-state index contributed by atoms with van der Waals surface area (Å²) >= 11 is 1.48. The summed E-state index contributed by atoms with van der Waals surface area (Å²) in [7, 11) is 1.56. The minimum absolute atomic E-state index is 0.114. The van der Waals surface area contributed by atoms with E-state index in [0.717, 1.165) is 15.8 Å². The number of aliphatic carboxylic acids is 1. The molecular formula is C21H19NO4S. The lowest BCUT2D eigenvalue weighted by Gasteiger charge is -2.10. The summed E-state index contributed by atoms with van der Waals surface area (Å²) in [6.45, 7) is 4.01. The fourth-order valence-electron chi connectivity index (χ4n) is 2.60. The van der Waals surface area contributed by atoms with E-state index in [9.17, 15) is 9.90 Å². The van der Waals surface area contributed by atoms with Gasteiger partial charge in [-0.1, -0.05) is 30.9 Å². The van der Waals surface area contributed by atoms with Gasteiger partial charge in [0.2, 0.25) is 0 Å². The third-order valence-electron chi connectivity index (χ3n) is 3.80. The first-order chi connectivity index (χ1) is 13.1. The van der Waals surface area contributed by atoms with Crippen molar-refractivity contribution in [3.05, 3.63) is 65.7 Å². The Morgan fingerprint density at radius 1 is 1.26 bits per heavy atom. The predicted octanol–water partition coefficient (Wildman–Crippen LogP) is 4.89. The van der Waals surface area contributed by atoms with Crippen molar-refractivity contribution in [3.8, 4) is 11.5 Å². The largest absolute Gasteiger partial charge is 0.493 e. The van der Waals surface area contributed by atoms with Crippen LogP contribution >= 0.6 is 11.3 Å². The van der Waals surface area contributed by atoms with E-state index in [4.69, 9.17) is 9.47 Å². The highest BCUT2D eigenvalue weighted by Gasteiger charge is 2.13. The van der Waals surface area contributed by atoms with Gasteiger partial charge < -0.3 is 14.6 Å². The third kappa shape index (κ3) is 4.54. The zero-order valence-electron chi connectivity index (χ0n) is 14.8. The number of methoxy groups -OCH3 is 1. The summed E-state index contributed by atoms with van der Waals surface area (Å²) in [5.41, 5.74) is 2.32. The average Bonchev–Trinajstić information content (AvgIpc) is 3.10. The van der Waals surface area contributed by atoms with Crippen molar-refractivity contribution >= 4 is 39.2 Å². The average molecular weight is 381 g/mol. The summed E-state index contributed by atoms with van der Waals surface area (Å²) < 4.78 is 12.0. The maximum absolute atomic E-state index is 11.4. The summed E-state index contributed by atoms with van der Waals surface area (Å²) in [5.74, 6) is 0.275. The Morgan fingerprint density at radius 2 is 2.07 bits per heavy atom. The first-order valence-corrected chi connectivity index (χ1v) is 9.12. The number of fused-ring (bicyclic) bond motifs is 1. The number of hydrogen-bond acceptors (Lipinski definition) is 5. The van der Waals surface area contributed by atoms with Crippen molar-refractivity contribution in [3.63, 3.8) is 0 Å². The number of benzene rings is 2. The highest BCUT2D eigenvalue weighted by atomic mass is 32.1. The zero-order valence-corrected chi connectivity index (χ0v) is 15.7. The van der Waals surface area contributed by atoms with Gasteiger partial charge in [0.15, 0.2) is 11.5 Å². The Morgan fingerprint density at radius 3 is 2.78 bits per heavy atom. The van der Waals surface area contributed by atoms with Crippen LogP contribution in [-0.4, -0.2) is 29.8 Å². The van der Waals surface area contributed by atoms with Crippen molar-refractivity contribution in [1.82, 2.24) is 4.98 Å². The normalized spacial score (nSPS) is 11.4. The number of aromatic nitrogens is 1. The zero-order chi connectivity index (χ0) is 19.2. The molecule has 2 aromatic carbocycles. The highest BCUT2D eigenvalue weighted by molar-refractivity contribution is 7.19. The van der Waals surface area contributed by atoms with E-state index in [-0.39, 0.29) is 6.42 Å². The second-order valence-corrected chi connectivity index (χ2v) is 6.77. The van der Waals surface area contributed by atoms with Crippen LogP contribution in [0.15, 0.2) is 55.1 Å². The molecule has 6 heteroatoms. The number of ether oxygens (including phenoxy) is 2. The molecule has 0 aliphatic rings. The number of carboxylic acid groups (broad SMARTS) is 1. The van der Waals surface area contributed by atoms with Crippen LogP contribution in [-0.2, 0) is 4.79 Å². The Labute approximate surface area is 161 Å². The number of thiazole rings is 1. The van der Waals surface area contributed by atoms with Gasteiger partial charge in [-0.3, -0.25) is 4.79 Å². The van der Waals surface area contributed by atoms with E-state index in [1.165, 1.54) is 11.3 Å². The smallest absolute Gasteiger partial charge is 0.307 e. The molecule has 1 aromatic heterocycles. The van der Waals surface area contributed by atoms with Crippen LogP contribution in [0.1, 0.15) is 17.0 Å². The molecule has 0 atom stereocenters. The standard InChI is InChI=1S/C21H19NO4S/c1-3-10-26-17-9-8-14(12-18(17)25-2)11-15(13-20(23)24)21-22-16-6-4-5-7-19(16)27-21/h3-9,11-12H,1,10,13H2,2H3,(H,23,24). The summed E-state index contributed by atoms with van der Waals surface area (Å²) in [4.78, 5) is 15.9. The van der Waals surface area contributed by atoms with E-state index in [2.05, 4.69) is 11.6 Å². The van der Waals surface area contributed by atoms with Gasteiger partial charge in [0.1, 0.15) is 11.6 Å². The van der Waals surface area contributed by atoms with E-state index < -0.39 is 5.97 Å². The van der Waals surface area contributed by atoms with Gasteiger partial charge in [0, 0.05) is 0 Å². The van der Waals surface area contributed by atoms with Crippen molar-refractivity contribution in [2.75, 3.05) is 13.7 Å². The molecule has 0 unspecified atom stereocenters. The van der Waals surface area contributed by atoms with Crippen molar-refractivity contribution in [1.29, 1.82) is 0 Å². The molecule has 1 heterocycles. The van der Waals surface area contributed by atoms with E-state index in [1.807, 2.05) is 42.5 Å². The third-order valence-corrected chi connectivity index (χ3v) is 4.91. The van der Waals surface area contributed by atoms with Crippen molar-refractivity contribution in [2.24, 2.45) is 0 Å². The van der Waals surface area contributed by atoms with Crippen LogP contribution in [0.2, 0.25) is 0 Å². The second kappa shape index (κ2) is 8.51. The molecule has 3 rings (SSSR count). The van der Waals surface area contributed by atoms with E-state index >= 15 is 0 Å². The van der Waals surface area contributed by atoms with Crippen LogP contribution in [0.25, 0.3) is 21.9 Å². The molecule has 0 aliphatic carbocycles. The van der Waals surface area contributed by atoms with Gasteiger partial charge in [-0.25, -0.2) is 4.98 Å². The van der Waals surface area contributed by atoms with E-state index in [0.29, 0.717) is 28.7 Å². The maximum atomic E-state index is 11.4. The first-order valence-electron chi connectivity index (χ1n) is 8.30. The second-order valence-electron chi connectivity index (χ2n) is 5.74. The fraction of sp³-hybridized carbons (Fsp3) is 0.143. The van der Waals surface area contributed by atoms with Crippen LogP contribution in [0.4, 0.5) is 0 Å². The minimum atomic E-state index is -0.904. The molecule has 0 bridgehead atoms. The number of carbonyl (C=O) groups is 1. The molecule has 0 spiro atoms. The van der Waals surface area contributed by atoms with Crippen LogP contribution in [0, 0.1) is 0 Å². The number of rotatable bonds is 8.